The summed E-state index contributed by atoms with van der Waals surface area (Å²) in [6, 6.07) is 13.2. The van der Waals surface area contributed by atoms with E-state index in [0.717, 1.165) is 41.8 Å². The van der Waals surface area contributed by atoms with E-state index >= 15 is 0 Å². The molecule has 1 heterocycles. The Morgan fingerprint density at radius 2 is 1.90 bits per heavy atom. The van der Waals surface area contributed by atoms with E-state index in [9.17, 15) is 9.59 Å². The van der Waals surface area contributed by atoms with Crippen molar-refractivity contribution >= 4 is 23.2 Å². The van der Waals surface area contributed by atoms with E-state index in [0.29, 0.717) is 22.8 Å². The molecule has 1 aliphatic rings. The maximum Gasteiger partial charge on any atom is 0.276 e. The number of carbonyl (C=O) groups is 2. The van der Waals surface area contributed by atoms with Gasteiger partial charge in [-0.05, 0) is 56.0 Å². The van der Waals surface area contributed by atoms with Crippen LogP contribution in [-0.2, 0) is 17.6 Å². The van der Waals surface area contributed by atoms with Crippen LogP contribution in [0, 0.1) is 6.92 Å². The molecule has 2 amide bonds. The van der Waals surface area contributed by atoms with Gasteiger partial charge in [0, 0.05) is 23.9 Å². The van der Waals surface area contributed by atoms with E-state index in [-0.39, 0.29) is 11.8 Å². The lowest BCUT2D eigenvalue weighted by molar-refractivity contribution is -0.114. The third kappa shape index (κ3) is 3.66. The molecule has 0 saturated heterocycles. The number of ether oxygens (including phenoxy) is 1. The number of fused-ring (bicyclic) bond motifs is 1. The SMILES string of the molecule is COc1ccc(NC(=O)c2nn(-c3ccccc3C)c3c2CCC3)cc1NC(C)=O. The maximum atomic E-state index is 13.1. The molecule has 7 nitrogen and oxygen atoms in total. The summed E-state index contributed by atoms with van der Waals surface area (Å²) >= 11 is 0. The van der Waals surface area contributed by atoms with Crippen LogP contribution in [0.15, 0.2) is 42.5 Å². The normalized spacial score (nSPS) is 12.4. The predicted molar refractivity (Wildman–Crippen MR) is 116 cm³/mol. The predicted octanol–water partition coefficient (Wildman–Crippen LogP) is 3.89. The number of nitrogens with zero attached hydrogens (tertiary/aromatic N) is 2. The van der Waals surface area contributed by atoms with Gasteiger partial charge in [-0.2, -0.15) is 5.10 Å². The number of anilines is 2. The number of aromatic nitrogens is 2. The highest BCUT2D eigenvalue weighted by atomic mass is 16.5. The molecule has 154 valence electrons. The fraction of sp³-hybridized carbons (Fsp3) is 0.261. The molecule has 1 aromatic heterocycles. The van der Waals surface area contributed by atoms with Crippen LogP contribution in [0.4, 0.5) is 11.4 Å². The van der Waals surface area contributed by atoms with Crippen LogP contribution in [0.2, 0.25) is 0 Å². The number of hydrogen-bond donors (Lipinski definition) is 2. The lowest BCUT2D eigenvalue weighted by Crippen LogP contribution is -2.15. The first-order valence-electron chi connectivity index (χ1n) is 9.91. The third-order valence-corrected chi connectivity index (χ3v) is 5.26. The highest BCUT2D eigenvalue weighted by Crippen LogP contribution is 2.31. The van der Waals surface area contributed by atoms with Crippen LogP contribution in [0.5, 0.6) is 5.75 Å². The lowest BCUT2D eigenvalue weighted by Gasteiger charge is -2.12. The van der Waals surface area contributed by atoms with Crippen LogP contribution in [0.3, 0.4) is 0 Å². The molecule has 3 aromatic rings. The van der Waals surface area contributed by atoms with Gasteiger partial charge < -0.3 is 15.4 Å². The van der Waals surface area contributed by atoms with Gasteiger partial charge in [-0.15, -0.1) is 0 Å². The van der Waals surface area contributed by atoms with Crippen molar-refractivity contribution in [3.63, 3.8) is 0 Å². The van der Waals surface area contributed by atoms with Crippen LogP contribution < -0.4 is 15.4 Å². The van der Waals surface area contributed by atoms with Crippen molar-refractivity contribution in [3.05, 3.63) is 65.0 Å². The third-order valence-electron chi connectivity index (χ3n) is 5.26. The number of nitrogens with one attached hydrogen (secondary N) is 2. The molecule has 0 aliphatic heterocycles. The first-order valence-corrected chi connectivity index (χ1v) is 9.91. The molecule has 2 aromatic carbocycles. The molecule has 0 spiro atoms. The van der Waals surface area contributed by atoms with Gasteiger partial charge >= 0.3 is 0 Å². The fourth-order valence-corrected chi connectivity index (χ4v) is 3.88. The number of aryl methyl sites for hydroxylation is 1. The topological polar surface area (TPSA) is 85.2 Å². The minimum Gasteiger partial charge on any atom is -0.495 e. The van der Waals surface area contributed by atoms with E-state index < -0.39 is 0 Å². The molecular weight excluding hydrogens is 380 g/mol. The maximum absolute atomic E-state index is 13.1. The smallest absolute Gasteiger partial charge is 0.276 e. The summed E-state index contributed by atoms with van der Waals surface area (Å²) in [6.45, 7) is 3.46. The van der Waals surface area contributed by atoms with Crippen molar-refractivity contribution < 1.29 is 14.3 Å². The van der Waals surface area contributed by atoms with Crippen molar-refractivity contribution in [1.82, 2.24) is 9.78 Å². The van der Waals surface area contributed by atoms with Crippen LogP contribution in [0.25, 0.3) is 5.69 Å². The minimum atomic E-state index is -0.264. The molecule has 1 aliphatic carbocycles. The van der Waals surface area contributed by atoms with E-state index in [2.05, 4.69) is 15.7 Å². The highest BCUT2D eigenvalue weighted by Gasteiger charge is 2.27. The van der Waals surface area contributed by atoms with Crippen LogP contribution >= 0.6 is 0 Å². The van der Waals surface area contributed by atoms with E-state index in [1.807, 2.05) is 35.9 Å². The largest absolute Gasteiger partial charge is 0.495 e. The zero-order valence-corrected chi connectivity index (χ0v) is 17.3. The van der Waals surface area contributed by atoms with Gasteiger partial charge in [-0.1, -0.05) is 18.2 Å². The summed E-state index contributed by atoms with van der Waals surface area (Å²) in [5.74, 6) is 0.0407. The van der Waals surface area contributed by atoms with E-state index in [1.165, 1.54) is 14.0 Å². The second kappa shape index (κ2) is 8.02. The Balaban J connectivity index is 1.66. The summed E-state index contributed by atoms with van der Waals surface area (Å²) in [5.41, 5.74) is 5.71. The molecule has 2 N–H and O–H groups in total. The van der Waals surface area contributed by atoms with Gasteiger partial charge in [0.25, 0.3) is 5.91 Å². The van der Waals surface area contributed by atoms with Crippen molar-refractivity contribution in [2.75, 3.05) is 17.7 Å². The first kappa shape index (κ1) is 19.7. The fourth-order valence-electron chi connectivity index (χ4n) is 3.88. The molecule has 30 heavy (non-hydrogen) atoms. The Kier molecular flexibility index (Phi) is 5.27. The van der Waals surface area contributed by atoms with Crippen molar-refractivity contribution in [1.29, 1.82) is 0 Å². The molecule has 7 heteroatoms. The number of para-hydroxylation sites is 1. The minimum absolute atomic E-state index is 0.216. The van der Waals surface area contributed by atoms with Crippen molar-refractivity contribution in [2.45, 2.75) is 33.1 Å². The van der Waals surface area contributed by atoms with Gasteiger partial charge in [0.2, 0.25) is 5.91 Å². The second-order valence-electron chi connectivity index (χ2n) is 7.38. The Labute approximate surface area is 175 Å². The van der Waals surface area contributed by atoms with E-state index in [1.54, 1.807) is 18.2 Å². The monoisotopic (exact) mass is 404 g/mol. The van der Waals surface area contributed by atoms with Gasteiger partial charge in [0.15, 0.2) is 5.69 Å². The van der Waals surface area contributed by atoms with Gasteiger partial charge in [-0.3, -0.25) is 9.59 Å². The van der Waals surface area contributed by atoms with Crippen molar-refractivity contribution in [3.8, 4) is 11.4 Å². The Morgan fingerprint density at radius 3 is 2.63 bits per heavy atom. The standard InChI is InChI=1S/C23H24N4O3/c1-14-7-4-5-9-19(14)27-20-10-6-8-17(20)22(26-27)23(29)25-16-11-12-21(30-3)18(13-16)24-15(2)28/h4-5,7,9,11-13H,6,8,10H2,1-3H3,(H,24,28)(H,25,29). The molecule has 0 saturated carbocycles. The number of carbonyl (C=O) groups excluding carboxylic acids is 2. The van der Waals surface area contributed by atoms with E-state index in [4.69, 9.17) is 4.74 Å². The zero-order valence-electron chi connectivity index (χ0n) is 17.3. The molecule has 0 atom stereocenters. The number of benzene rings is 2. The molecule has 0 bridgehead atoms. The second-order valence-corrected chi connectivity index (χ2v) is 7.38. The highest BCUT2D eigenvalue weighted by molar-refractivity contribution is 6.05. The van der Waals surface area contributed by atoms with Gasteiger partial charge in [0.1, 0.15) is 5.75 Å². The first-order chi connectivity index (χ1) is 14.5. The number of methoxy groups -OCH3 is 1. The lowest BCUT2D eigenvalue weighted by atomic mass is 10.1. The van der Waals surface area contributed by atoms with Crippen molar-refractivity contribution in [2.24, 2.45) is 0 Å². The molecule has 4 rings (SSSR count). The Morgan fingerprint density at radius 1 is 1.10 bits per heavy atom. The number of rotatable bonds is 5. The molecule has 0 unspecified atom stereocenters. The van der Waals surface area contributed by atoms with Crippen LogP contribution in [0.1, 0.15) is 40.7 Å². The summed E-state index contributed by atoms with van der Waals surface area (Å²) in [5, 5.41) is 10.3. The Hall–Kier alpha value is -3.61. The number of hydrogen-bond acceptors (Lipinski definition) is 4. The summed E-state index contributed by atoms with van der Waals surface area (Å²) in [7, 11) is 1.53. The summed E-state index contributed by atoms with van der Waals surface area (Å²) in [4.78, 5) is 24.5. The van der Waals surface area contributed by atoms with Gasteiger partial charge in [0.05, 0.1) is 18.5 Å². The molecule has 0 fully saturated rings. The summed E-state index contributed by atoms with van der Waals surface area (Å²) in [6.07, 6.45) is 2.75. The Bertz CT molecular complexity index is 1130. The summed E-state index contributed by atoms with van der Waals surface area (Å²) < 4.78 is 7.18. The molecular formula is C23H24N4O3. The quantitative estimate of drug-likeness (QED) is 0.676. The molecule has 0 radical (unpaired) electrons. The van der Waals surface area contributed by atoms with Crippen LogP contribution in [-0.4, -0.2) is 28.7 Å². The average Bonchev–Trinajstić information content (AvgIpc) is 3.31. The average molecular weight is 404 g/mol. The zero-order chi connectivity index (χ0) is 21.3. The number of amides is 2. The van der Waals surface area contributed by atoms with Gasteiger partial charge in [-0.25, -0.2) is 4.68 Å².